The molecule has 20 heavy (non-hydrogen) atoms. The second kappa shape index (κ2) is 5.79. The quantitative estimate of drug-likeness (QED) is 0.936. The van der Waals surface area contributed by atoms with Crippen molar-refractivity contribution in [3.8, 4) is 11.3 Å². The first-order chi connectivity index (χ1) is 9.45. The Morgan fingerprint density at radius 2 is 2.10 bits per heavy atom. The van der Waals surface area contributed by atoms with Crippen molar-refractivity contribution in [3.05, 3.63) is 33.1 Å². The second-order valence-electron chi connectivity index (χ2n) is 5.18. The molecular weight excluding hydrogens is 270 g/mol. The predicted octanol–water partition coefficient (Wildman–Crippen LogP) is 3.60. The normalized spacial score (nSPS) is 11.1. The summed E-state index contributed by atoms with van der Waals surface area (Å²) in [6.45, 7) is 10.9. The number of aryl methyl sites for hydroxylation is 2. The zero-order valence-electron chi connectivity index (χ0n) is 12.7. The Labute approximate surface area is 123 Å². The SMILES string of the molecule is CCNc1nc(-c2c(C)cc(C)n(C(C)C)c2=O)cs1. The van der Waals surface area contributed by atoms with Crippen LogP contribution in [-0.2, 0) is 0 Å². The van der Waals surface area contributed by atoms with Crippen LogP contribution in [0.15, 0.2) is 16.2 Å². The third-order valence-corrected chi connectivity index (χ3v) is 4.04. The number of hydrogen-bond acceptors (Lipinski definition) is 4. The summed E-state index contributed by atoms with van der Waals surface area (Å²) >= 11 is 1.53. The van der Waals surface area contributed by atoms with E-state index in [1.807, 2.05) is 44.6 Å². The molecule has 4 nitrogen and oxygen atoms in total. The summed E-state index contributed by atoms with van der Waals surface area (Å²) in [6, 6.07) is 2.21. The zero-order chi connectivity index (χ0) is 14.9. The molecule has 0 saturated heterocycles. The Morgan fingerprint density at radius 1 is 1.40 bits per heavy atom. The average molecular weight is 291 g/mol. The van der Waals surface area contributed by atoms with Crippen molar-refractivity contribution in [1.29, 1.82) is 0 Å². The molecule has 0 radical (unpaired) electrons. The highest BCUT2D eigenvalue weighted by molar-refractivity contribution is 7.14. The summed E-state index contributed by atoms with van der Waals surface area (Å²) in [4.78, 5) is 17.2. The lowest BCUT2D eigenvalue weighted by Gasteiger charge is -2.16. The van der Waals surface area contributed by atoms with Crippen LogP contribution < -0.4 is 10.9 Å². The van der Waals surface area contributed by atoms with Gasteiger partial charge in [-0.3, -0.25) is 4.79 Å². The highest BCUT2D eigenvalue weighted by Crippen LogP contribution is 2.26. The van der Waals surface area contributed by atoms with Gasteiger partial charge in [-0.05, 0) is 46.2 Å². The topological polar surface area (TPSA) is 46.9 Å². The minimum Gasteiger partial charge on any atom is -0.362 e. The highest BCUT2D eigenvalue weighted by atomic mass is 32.1. The number of anilines is 1. The molecule has 2 rings (SSSR count). The van der Waals surface area contributed by atoms with Crippen molar-refractivity contribution in [2.45, 2.75) is 40.7 Å². The lowest BCUT2D eigenvalue weighted by Crippen LogP contribution is -2.26. The van der Waals surface area contributed by atoms with Gasteiger partial charge in [0.1, 0.15) is 0 Å². The van der Waals surface area contributed by atoms with Gasteiger partial charge in [-0.25, -0.2) is 4.98 Å². The van der Waals surface area contributed by atoms with E-state index in [4.69, 9.17) is 0 Å². The van der Waals surface area contributed by atoms with Gasteiger partial charge in [0.15, 0.2) is 5.13 Å². The van der Waals surface area contributed by atoms with E-state index < -0.39 is 0 Å². The van der Waals surface area contributed by atoms with Gasteiger partial charge in [-0.1, -0.05) is 0 Å². The molecule has 5 heteroatoms. The largest absolute Gasteiger partial charge is 0.362 e. The standard InChI is InChI=1S/C15H21N3OS/c1-6-16-15-17-12(8-20-15)13-10(4)7-11(5)18(9(2)3)14(13)19/h7-9H,6H2,1-5H3,(H,16,17). The third-order valence-electron chi connectivity index (χ3n) is 3.24. The molecule has 0 aromatic carbocycles. The molecular formula is C15H21N3OS. The number of pyridine rings is 1. The Hall–Kier alpha value is -1.62. The molecule has 0 saturated carbocycles. The second-order valence-corrected chi connectivity index (χ2v) is 6.04. The highest BCUT2D eigenvalue weighted by Gasteiger charge is 2.16. The first kappa shape index (κ1) is 14.8. The predicted molar refractivity (Wildman–Crippen MR) is 85.8 cm³/mol. The average Bonchev–Trinajstić information content (AvgIpc) is 2.76. The molecule has 0 aliphatic carbocycles. The van der Waals surface area contributed by atoms with Crippen molar-refractivity contribution < 1.29 is 0 Å². The number of hydrogen-bond donors (Lipinski definition) is 1. The van der Waals surface area contributed by atoms with Gasteiger partial charge < -0.3 is 9.88 Å². The molecule has 0 bridgehead atoms. The van der Waals surface area contributed by atoms with E-state index in [0.717, 1.165) is 28.6 Å². The summed E-state index contributed by atoms with van der Waals surface area (Å²) in [5, 5.41) is 5.99. The van der Waals surface area contributed by atoms with Crippen molar-refractivity contribution >= 4 is 16.5 Å². The van der Waals surface area contributed by atoms with Gasteiger partial charge in [0.25, 0.3) is 5.56 Å². The van der Waals surface area contributed by atoms with E-state index in [1.54, 1.807) is 0 Å². The van der Waals surface area contributed by atoms with Gasteiger partial charge in [0.2, 0.25) is 0 Å². The van der Waals surface area contributed by atoms with Crippen LogP contribution in [0.2, 0.25) is 0 Å². The van der Waals surface area contributed by atoms with Crippen molar-refractivity contribution in [2.75, 3.05) is 11.9 Å². The van der Waals surface area contributed by atoms with E-state index in [1.165, 1.54) is 11.3 Å². The van der Waals surface area contributed by atoms with E-state index in [0.29, 0.717) is 5.56 Å². The monoisotopic (exact) mass is 291 g/mol. The Bertz CT molecular complexity index is 670. The molecule has 0 unspecified atom stereocenters. The minimum absolute atomic E-state index is 0.0471. The van der Waals surface area contributed by atoms with Gasteiger partial charge in [0.05, 0.1) is 11.3 Å². The molecule has 0 spiro atoms. The number of nitrogens with zero attached hydrogens (tertiary/aromatic N) is 2. The summed E-state index contributed by atoms with van der Waals surface area (Å²) in [5.74, 6) is 0. The summed E-state index contributed by atoms with van der Waals surface area (Å²) < 4.78 is 1.83. The molecule has 0 amide bonds. The molecule has 0 aliphatic heterocycles. The molecule has 0 fully saturated rings. The van der Waals surface area contributed by atoms with Crippen LogP contribution in [0.4, 0.5) is 5.13 Å². The van der Waals surface area contributed by atoms with Gasteiger partial charge in [0, 0.05) is 23.7 Å². The zero-order valence-corrected chi connectivity index (χ0v) is 13.5. The van der Waals surface area contributed by atoms with E-state index in [9.17, 15) is 4.79 Å². The van der Waals surface area contributed by atoms with Crippen LogP contribution in [0.5, 0.6) is 0 Å². The van der Waals surface area contributed by atoms with Crippen LogP contribution in [0.1, 0.15) is 38.1 Å². The maximum atomic E-state index is 12.7. The first-order valence-electron chi connectivity index (χ1n) is 6.88. The van der Waals surface area contributed by atoms with Crippen molar-refractivity contribution in [1.82, 2.24) is 9.55 Å². The van der Waals surface area contributed by atoms with Crippen molar-refractivity contribution in [2.24, 2.45) is 0 Å². The van der Waals surface area contributed by atoms with E-state index >= 15 is 0 Å². The van der Waals surface area contributed by atoms with Crippen LogP contribution >= 0.6 is 11.3 Å². The van der Waals surface area contributed by atoms with E-state index in [-0.39, 0.29) is 11.6 Å². The summed E-state index contributed by atoms with van der Waals surface area (Å²) in [7, 11) is 0. The van der Waals surface area contributed by atoms with Crippen molar-refractivity contribution in [3.63, 3.8) is 0 Å². The molecule has 108 valence electrons. The van der Waals surface area contributed by atoms with Crippen LogP contribution in [0, 0.1) is 13.8 Å². The fourth-order valence-corrected chi connectivity index (χ4v) is 3.25. The van der Waals surface area contributed by atoms with E-state index in [2.05, 4.69) is 16.4 Å². The fourth-order valence-electron chi connectivity index (χ4n) is 2.48. The molecule has 0 aliphatic rings. The lowest BCUT2D eigenvalue weighted by atomic mass is 10.1. The maximum absolute atomic E-state index is 12.7. The summed E-state index contributed by atoms with van der Waals surface area (Å²) in [5.41, 5.74) is 3.50. The number of thiazole rings is 1. The fraction of sp³-hybridized carbons (Fsp3) is 0.467. The molecule has 0 atom stereocenters. The number of nitrogens with one attached hydrogen (secondary N) is 1. The molecule has 2 aromatic heterocycles. The smallest absolute Gasteiger partial charge is 0.260 e. The molecule has 2 heterocycles. The third kappa shape index (κ3) is 2.63. The van der Waals surface area contributed by atoms with Gasteiger partial charge >= 0.3 is 0 Å². The molecule has 1 N–H and O–H groups in total. The van der Waals surface area contributed by atoms with Gasteiger partial charge in [-0.2, -0.15) is 0 Å². The molecule has 2 aromatic rings. The lowest BCUT2D eigenvalue weighted by molar-refractivity contribution is 0.563. The van der Waals surface area contributed by atoms with Crippen LogP contribution in [-0.4, -0.2) is 16.1 Å². The number of rotatable bonds is 4. The Kier molecular flexibility index (Phi) is 4.28. The Morgan fingerprint density at radius 3 is 2.70 bits per heavy atom. The van der Waals surface area contributed by atoms with Crippen LogP contribution in [0.3, 0.4) is 0 Å². The first-order valence-corrected chi connectivity index (χ1v) is 7.76. The minimum atomic E-state index is 0.0471. The maximum Gasteiger partial charge on any atom is 0.260 e. The number of aromatic nitrogens is 2. The van der Waals surface area contributed by atoms with Crippen LogP contribution in [0.25, 0.3) is 11.3 Å². The Balaban J connectivity index is 2.61. The summed E-state index contributed by atoms with van der Waals surface area (Å²) in [6.07, 6.45) is 0. The van der Waals surface area contributed by atoms with Gasteiger partial charge in [-0.15, -0.1) is 11.3 Å².